The molecular weight excluding hydrogens is 338 g/mol. The quantitative estimate of drug-likeness (QED) is 0.780. The first kappa shape index (κ1) is 17.2. The van der Waals surface area contributed by atoms with Crippen molar-refractivity contribution in [2.45, 2.75) is 11.0 Å². The van der Waals surface area contributed by atoms with E-state index in [0.29, 0.717) is 4.58 Å². The van der Waals surface area contributed by atoms with Gasteiger partial charge in [-0.05, 0) is 47.8 Å². The van der Waals surface area contributed by atoms with Crippen molar-refractivity contribution in [1.29, 1.82) is 0 Å². The lowest BCUT2D eigenvalue weighted by atomic mass is 10.2. The monoisotopic (exact) mass is 359 g/mol. The summed E-state index contributed by atoms with van der Waals surface area (Å²) in [5, 5.41) is 0. The van der Waals surface area contributed by atoms with Crippen LogP contribution in [0.2, 0.25) is 0 Å². The van der Waals surface area contributed by atoms with Gasteiger partial charge in [-0.15, -0.1) is 23.5 Å². The highest BCUT2D eigenvalue weighted by Crippen LogP contribution is 2.43. The summed E-state index contributed by atoms with van der Waals surface area (Å²) in [6.45, 7) is 0.0394. The number of hydrogen-bond acceptors (Lipinski definition) is 4. The average molecular weight is 360 g/mol. The maximum Gasteiger partial charge on any atom is 0.264 e. The number of carbonyl (C=O) groups is 1. The molecule has 1 aliphatic heterocycles. The van der Waals surface area contributed by atoms with E-state index in [1.54, 1.807) is 11.9 Å². The third-order valence-electron chi connectivity index (χ3n) is 3.86. The molecule has 0 spiro atoms. The van der Waals surface area contributed by atoms with Gasteiger partial charge in [0.25, 0.3) is 5.91 Å². The smallest absolute Gasteiger partial charge is 0.264 e. The van der Waals surface area contributed by atoms with Gasteiger partial charge in [0.1, 0.15) is 5.75 Å². The summed E-state index contributed by atoms with van der Waals surface area (Å²) >= 11 is 4.01. The Morgan fingerprint density at radius 1 is 1.08 bits per heavy atom. The normalized spacial score (nSPS) is 15.0. The lowest BCUT2D eigenvalue weighted by molar-refractivity contribution is -0.120. The van der Waals surface area contributed by atoms with Crippen molar-refractivity contribution in [3.05, 3.63) is 60.2 Å². The Kier molecular flexibility index (Phi) is 6.10. The number of benzene rings is 2. The molecule has 3 rings (SSSR count). The van der Waals surface area contributed by atoms with E-state index < -0.39 is 0 Å². The minimum absolute atomic E-state index is 0.0394. The molecule has 3 nitrogen and oxygen atoms in total. The maximum atomic E-state index is 12.2. The van der Waals surface area contributed by atoms with E-state index in [9.17, 15) is 4.79 Å². The molecule has 1 amide bonds. The van der Waals surface area contributed by atoms with E-state index in [4.69, 9.17) is 4.74 Å². The zero-order valence-corrected chi connectivity index (χ0v) is 15.3. The lowest BCUT2D eigenvalue weighted by Gasteiger charge is -2.21. The molecule has 1 heterocycles. The Morgan fingerprint density at radius 3 is 2.42 bits per heavy atom. The van der Waals surface area contributed by atoms with E-state index in [0.717, 1.165) is 11.4 Å². The number of ether oxygens (including phenoxy) is 1. The number of carbonyl (C=O) groups excluding carboxylic acids is 1. The largest absolute Gasteiger partial charge is 0.484 e. The number of anilines is 1. The highest BCUT2D eigenvalue weighted by atomic mass is 32.2. The number of thioether (sulfide) groups is 2. The predicted octanol–water partition coefficient (Wildman–Crippen LogP) is 4.60. The van der Waals surface area contributed by atoms with Gasteiger partial charge in [0.15, 0.2) is 6.61 Å². The Balaban J connectivity index is 1.53. The summed E-state index contributed by atoms with van der Waals surface area (Å²) in [5.41, 5.74) is 2.19. The van der Waals surface area contributed by atoms with Gasteiger partial charge in [0.2, 0.25) is 0 Å². The second-order valence-electron chi connectivity index (χ2n) is 5.57. The molecule has 0 N–H and O–H groups in total. The van der Waals surface area contributed by atoms with Crippen molar-refractivity contribution in [2.75, 3.05) is 30.1 Å². The molecule has 0 radical (unpaired) electrons. The Labute approximate surface area is 151 Å². The number of rotatable bonds is 5. The van der Waals surface area contributed by atoms with Crippen LogP contribution in [0.25, 0.3) is 0 Å². The molecule has 0 unspecified atom stereocenters. The van der Waals surface area contributed by atoms with Crippen LogP contribution in [0.3, 0.4) is 0 Å². The molecule has 2 aromatic carbocycles. The number of nitrogens with zero attached hydrogens (tertiary/aromatic N) is 1. The minimum Gasteiger partial charge on any atom is -0.484 e. The Morgan fingerprint density at radius 2 is 1.75 bits per heavy atom. The number of amides is 1. The third-order valence-corrected chi connectivity index (χ3v) is 6.87. The van der Waals surface area contributed by atoms with Crippen LogP contribution in [0.4, 0.5) is 5.69 Å². The molecule has 5 heteroatoms. The molecule has 1 aliphatic rings. The zero-order valence-electron chi connectivity index (χ0n) is 13.7. The van der Waals surface area contributed by atoms with E-state index in [1.807, 2.05) is 66.0 Å². The van der Waals surface area contributed by atoms with Crippen LogP contribution in [-0.4, -0.2) is 31.1 Å². The van der Waals surface area contributed by atoms with Gasteiger partial charge in [0, 0.05) is 12.7 Å². The predicted molar refractivity (Wildman–Crippen MR) is 104 cm³/mol. The molecule has 0 aliphatic carbocycles. The average Bonchev–Trinajstić information content (AvgIpc) is 2.67. The van der Waals surface area contributed by atoms with Crippen LogP contribution in [0.15, 0.2) is 54.6 Å². The van der Waals surface area contributed by atoms with Gasteiger partial charge in [-0.3, -0.25) is 4.79 Å². The SMILES string of the molecule is CN(C(=O)COc1ccc(C2SCCCS2)cc1)c1ccccc1. The van der Waals surface area contributed by atoms with Crippen LogP contribution < -0.4 is 9.64 Å². The molecular formula is C19H21NO2S2. The molecule has 0 bridgehead atoms. The van der Waals surface area contributed by atoms with Crippen molar-refractivity contribution < 1.29 is 9.53 Å². The molecule has 2 aromatic rings. The number of hydrogen-bond donors (Lipinski definition) is 0. The van der Waals surface area contributed by atoms with E-state index in [1.165, 1.54) is 23.5 Å². The summed E-state index contributed by atoms with van der Waals surface area (Å²) < 4.78 is 6.17. The van der Waals surface area contributed by atoms with Gasteiger partial charge >= 0.3 is 0 Å². The first-order chi connectivity index (χ1) is 11.7. The van der Waals surface area contributed by atoms with E-state index >= 15 is 0 Å². The summed E-state index contributed by atoms with van der Waals surface area (Å²) in [7, 11) is 1.77. The fourth-order valence-electron chi connectivity index (χ4n) is 2.44. The van der Waals surface area contributed by atoms with E-state index in [2.05, 4.69) is 12.1 Å². The lowest BCUT2D eigenvalue weighted by Crippen LogP contribution is -2.31. The second kappa shape index (κ2) is 8.49. The first-order valence-corrected chi connectivity index (χ1v) is 10.1. The van der Waals surface area contributed by atoms with Crippen LogP contribution in [0, 0.1) is 0 Å². The van der Waals surface area contributed by atoms with Gasteiger partial charge < -0.3 is 9.64 Å². The van der Waals surface area contributed by atoms with E-state index in [-0.39, 0.29) is 12.5 Å². The first-order valence-electron chi connectivity index (χ1n) is 8.01. The standard InChI is InChI=1S/C19H21NO2S2/c1-20(16-6-3-2-4-7-16)18(21)14-22-17-10-8-15(9-11-17)19-23-12-5-13-24-19/h2-4,6-11,19H,5,12-14H2,1H3. The van der Waals surface area contributed by atoms with Crippen LogP contribution in [0.5, 0.6) is 5.75 Å². The topological polar surface area (TPSA) is 29.5 Å². The second-order valence-corrected chi connectivity index (χ2v) is 8.30. The minimum atomic E-state index is -0.0660. The fraction of sp³-hybridized carbons (Fsp3) is 0.316. The van der Waals surface area contributed by atoms with Gasteiger partial charge in [-0.1, -0.05) is 30.3 Å². The number of para-hydroxylation sites is 1. The van der Waals surface area contributed by atoms with Crippen molar-refractivity contribution >= 4 is 35.1 Å². The molecule has 0 atom stereocenters. The highest BCUT2D eigenvalue weighted by Gasteiger charge is 2.16. The van der Waals surface area contributed by atoms with Crippen molar-refractivity contribution in [3.63, 3.8) is 0 Å². The summed E-state index contributed by atoms with van der Waals surface area (Å²) in [4.78, 5) is 13.8. The van der Waals surface area contributed by atoms with Crippen molar-refractivity contribution in [3.8, 4) is 5.75 Å². The highest BCUT2D eigenvalue weighted by molar-refractivity contribution is 8.16. The van der Waals surface area contributed by atoms with Crippen LogP contribution >= 0.6 is 23.5 Å². The van der Waals surface area contributed by atoms with Gasteiger partial charge in [-0.25, -0.2) is 0 Å². The maximum absolute atomic E-state index is 12.2. The van der Waals surface area contributed by atoms with Gasteiger partial charge in [-0.2, -0.15) is 0 Å². The fourth-order valence-corrected chi connectivity index (χ4v) is 5.33. The zero-order chi connectivity index (χ0) is 16.8. The van der Waals surface area contributed by atoms with Crippen LogP contribution in [-0.2, 0) is 4.79 Å². The van der Waals surface area contributed by atoms with Crippen molar-refractivity contribution in [2.24, 2.45) is 0 Å². The van der Waals surface area contributed by atoms with Gasteiger partial charge in [0.05, 0.1) is 4.58 Å². The Hall–Kier alpha value is -1.59. The number of likely N-dealkylation sites (N-methyl/N-ethyl adjacent to an activating group) is 1. The third kappa shape index (κ3) is 4.48. The molecule has 0 saturated carbocycles. The summed E-state index contributed by atoms with van der Waals surface area (Å²) in [5.74, 6) is 3.13. The molecule has 1 saturated heterocycles. The summed E-state index contributed by atoms with van der Waals surface area (Å²) in [6, 6.07) is 17.7. The van der Waals surface area contributed by atoms with Crippen molar-refractivity contribution in [1.82, 2.24) is 0 Å². The Bertz CT molecular complexity index is 655. The van der Waals surface area contributed by atoms with Crippen LogP contribution in [0.1, 0.15) is 16.6 Å². The summed E-state index contributed by atoms with van der Waals surface area (Å²) in [6.07, 6.45) is 1.30. The molecule has 126 valence electrons. The molecule has 0 aromatic heterocycles. The molecule has 1 fully saturated rings. The molecule has 24 heavy (non-hydrogen) atoms.